The molecule has 4 rings (SSSR count). The van der Waals surface area contributed by atoms with E-state index in [4.69, 9.17) is 0 Å². The fourth-order valence-electron chi connectivity index (χ4n) is 4.96. The molecule has 2 atom stereocenters. The summed E-state index contributed by atoms with van der Waals surface area (Å²) in [5.74, 6) is 0.777. The van der Waals surface area contributed by atoms with Crippen LogP contribution in [-0.2, 0) is 16.0 Å². The van der Waals surface area contributed by atoms with Gasteiger partial charge in [0.05, 0.1) is 11.0 Å². The molecule has 0 bridgehead atoms. The SMILES string of the molecule is O=C(O)CC1CCN(C(=O)C2CCCCC2)CC1Cc1nc2ccccc2[nH]1. The third-order valence-electron chi connectivity index (χ3n) is 6.49. The Kier molecular flexibility index (Phi) is 5.64. The summed E-state index contributed by atoms with van der Waals surface area (Å²) in [4.78, 5) is 34.4. The lowest BCUT2D eigenvalue weighted by Crippen LogP contribution is -2.47. The van der Waals surface area contributed by atoms with E-state index < -0.39 is 5.97 Å². The molecule has 2 heterocycles. The first-order valence-electron chi connectivity index (χ1n) is 10.5. The Morgan fingerprint density at radius 1 is 1.11 bits per heavy atom. The van der Waals surface area contributed by atoms with Gasteiger partial charge in [0.15, 0.2) is 0 Å². The molecule has 1 saturated carbocycles. The zero-order valence-electron chi connectivity index (χ0n) is 16.3. The molecule has 28 heavy (non-hydrogen) atoms. The standard InChI is InChI=1S/C22H29N3O3/c26-21(27)13-16-10-11-25(22(28)15-6-2-1-3-7-15)14-17(16)12-20-23-18-8-4-5-9-19(18)24-20/h4-5,8-9,15-17H,1-3,6-7,10-14H2,(H,23,24)(H,26,27). The van der Waals surface area contributed by atoms with Gasteiger partial charge >= 0.3 is 5.97 Å². The highest BCUT2D eigenvalue weighted by atomic mass is 16.4. The Morgan fingerprint density at radius 3 is 2.64 bits per heavy atom. The Hall–Kier alpha value is -2.37. The van der Waals surface area contributed by atoms with Crippen molar-refractivity contribution in [3.63, 3.8) is 0 Å². The minimum absolute atomic E-state index is 0.0844. The second kappa shape index (κ2) is 8.33. The van der Waals surface area contributed by atoms with Crippen molar-refractivity contribution in [3.8, 4) is 0 Å². The van der Waals surface area contributed by atoms with Crippen molar-refractivity contribution >= 4 is 22.9 Å². The Bertz CT molecular complexity index is 807. The van der Waals surface area contributed by atoms with Crippen molar-refractivity contribution in [2.24, 2.45) is 17.8 Å². The molecule has 1 aromatic heterocycles. The zero-order chi connectivity index (χ0) is 19.5. The van der Waals surface area contributed by atoms with Crippen molar-refractivity contribution in [2.75, 3.05) is 13.1 Å². The smallest absolute Gasteiger partial charge is 0.303 e. The number of likely N-dealkylation sites (tertiary alicyclic amines) is 1. The summed E-state index contributed by atoms with van der Waals surface area (Å²) in [6.45, 7) is 1.33. The van der Waals surface area contributed by atoms with E-state index in [0.717, 1.165) is 49.0 Å². The molecular formula is C22H29N3O3. The van der Waals surface area contributed by atoms with Gasteiger partial charge in [0, 0.05) is 31.8 Å². The lowest BCUT2D eigenvalue weighted by molar-refractivity contribution is -0.141. The van der Waals surface area contributed by atoms with E-state index >= 15 is 0 Å². The average Bonchev–Trinajstić information content (AvgIpc) is 3.11. The number of aromatic nitrogens is 2. The molecule has 2 N–H and O–H groups in total. The van der Waals surface area contributed by atoms with Crippen LogP contribution in [0.5, 0.6) is 0 Å². The lowest BCUT2D eigenvalue weighted by atomic mass is 9.80. The number of nitrogens with one attached hydrogen (secondary N) is 1. The number of carboxylic acid groups (broad SMARTS) is 1. The molecule has 2 unspecified atom stereocenters. The number of carboxylic acids is 1. The summed E-state index contributed by atoms with van der Waals surface area (Å²) in [7, 11) is 0. The summed E-state index contributed by atoms with van der Waals surface area (Å²) in [6, 6.07) is 7.91. The molecule has 2 fully saturated rings. The fraction of sp³-hybridized carbons (Fsp3) is 0.591. The Balaban J connectivity index is 1.49. The molecule has 1 aromatic carbocycles. The number of carbonyl (C=O) groups is 2. The number of hydrogen-bond donors (Lipinski definition) is 2. The van der Waals surface area contributed by atoms with E-state index in [-0.39, 0.29) is 30.1 Å². The highest BCUT2D eigenvalue weighted by Crippen LogP contribution is 2.32. The quantitative estimate of drug-likeness (QED) is 0.825. The van der Waals surface area contributed by atoms with E-state index in [2.05, 4.69) is 9.97 Å². The normalized spacial score (nSPS) is 23.8. The molecular weight excluding hydrogens is 354 g/mol. The maximum absolute atomic E-state index is 13.0. The molecule has 0 spiro atoms. The predicted octanol–water partition coefficient (Wildman–Crippen LogP) is 3.63. The Morgan fingerprint density at radius 2 is 1.89 bits per heavy atom. The fourth-order valence-corrected chi connectivity index (χ4v) is 4.96. The van der Waals surface area contributed by atoms with Gasteiger partial charge in [0.2, 0.25) is 5.91 Å². The van der Waals surface area contributed by atoms with Crippen molar-refractivity contribution in [1.82, 2.24) is 14.9 Å². The number of carbonyl (C=O) groups excluding carboxylic acids is 1. The first-order chi connectivity index (χ1) is 13.6. The van der Waals surface area contributed by atoms with Gasteiger partial charge in [-0.05, 0) is 43.2 Å². The van der Waals surface area contributed by atoms with Crippen LogP contribution in [0.25, 0.3) is 11.0 Å². The predicted molar refractivity (Wildman–Crippen MR) is 107 cm³/mol. The van der Waals surface area contributed by atoms with Gasteiger partial charge < -0.3 is 15.0 Å². The van der Waals surface area contributed by atoms with Crippen molar-refractivity contribution in [1.29, 1.82) is 0 Å². The highest BCUT2D eigenvalue weighted by molar-refractivity contribution is 5.79. The monoisotopic (exact) mass is 383 g/mol. The summed E-state index contributed by atoms with van der Waals surface area (Å²) in [6.07, 6.45) is 7.14. The number of imidazole rings is 1. The number of rotatable bonds is 5. The summed E-state index contributed by atoms with van der Waals surface area (Å²) < 4.78 is 0. The minimum atomic E-state index is -0.758. The molecule has 0 radical (unpaired) electrons. The van der Waals surface area contributed by atoms with Crippen LogP contribution in [0.15, 0.2) is 24.3 Å². The number of H-pyrrole nitrogens is 1. The summed E-state index contributed by atoms with van der Waals surface area (Å²) >= 11 is 0. The van der Waals surface area contributed by atoms with Crippen LogP contribution in [0.3, 0.4) is 0 Å². The molecule has 150 valence electrons. The van der Waals surface area contributed by atoms with Gasteiger partial charge in [-0.25, -0.2) is 4.98 Å². The van der Waals surface area contributed by atoms with E-state index in [0.29, 0.717) is 19.5 Å². The van der Waals surface area contributed by atoms with Crippen LogP contribution in [0.1, 0.15) is 50.8 Å². The number of nitrogens with zero attached hydrogens (tertiary/aromatic N) is 2. The molecule has 2 aliphatic rings. The second-order valence-electron chi connectivity index (χ2n) is 8.43. The lowest BCUT2D eigenvalue weighted by Gasteiger charge is -2.40. The number of benzene rings is 1. The molecule has 2 aromatic rings. The van der Waals surface area contributed by atoms with Crippen LogP contribution in [0.2, 0.25) is 0 Å². The second-order valence-corrected chi connectivity index (χ2v) is 8.43. The van der Waals surface area contributed by atoms with Gasteiger partial charge in [-0.2, -0.15) is 0 Å². The average molecular weight is 383 g/mol. The van der Waals surface area contributed by atoms with Gasteiger partial charge in [-0.1, -0.05) is 31.4 Å². The van der Waals surface area contributed by atoms with Crippen LogP contribution in [-0.4, -0.2) is 44.9 Å². The maximum Gasteiger partial charge on any atom is 0.303 e. The van der Waals surface area contributed by atoms with Crippen molar-refractivity contribution in [3.05, 3.63) is 30.1 Å². The van der Waals surface area contributed by atoms with Crippen LogP contribution >= 0.6 is 0 Å². The van der Waals surface area contributed by atoms with Gasteiger partial charge in [-0.3, -0.25) is 9.59 Å². The molecule has 1 aliphatic heterocycles. The van der Waals surface area contributed by atoms with Crippen LogP contribution < -0.4 is 0 Å². The van der Waals surface area contributed by atoms with Gasteiger partial charge in [-0.15, -0.1) is 0 Å². The van der Waals surface area contributed by atoms with E-state index in [9.17, 15) is 14.7 Å². The van der Waals surface area contributed by atoms with E-state index in [1.807, 2.05) is 29.2 Å². The van der Waals surface area contributed by atoms with Crippen LogP contribution in [0, 0.1) is 17.8 Å². The number of aliphatic carboxylic acids is 1. The van der Waals surface area contributed by atoms with Gasteiger partial charge in [0.25, 0.3) is 0 Å². The third-order valence-corrected chi connectivity index (χ3v) is 6.49. The number of para-hydroxylation sites is 2. The first kappa shape index (κ1) is 19.0. The number of fused-ring (bicyclic) bond motifs is 1. The molecule has 1 saturated heterocycles. The maximum atomic E-state index is 13.0. The number of amides is 1. The molecule has 6 heteroatoms. The topological polar surface area (TPSA) is 86.3 Å². The van der Waals surface area contributed by atoms with Crippen molar-refractivity contribution in [2.45, 2.75) is 51.4 Å². The van der Waals surface area contributed by atoms with Crippen molar-refractivity contribution < 1.29 is 14.7 Å². The van der Waals surface area contributed by atoms with E-state index in [1.54, 1.807) is 0 Å². The summed E-state index contributed by atoms with van der Waals surface area (Å²) in [5, 5.41) is 9.34. The first-order valence-corrected chi connectivity index (χ1v) is 10.5. The number of hydrogen-bond acceptors (Lipinski definition) is 3. The molecule has 1 aliphatic carbocycles. The Labute approximate surface area is 165 Å². The zero-order valence-corrected chi connectivity index (χ0v) is 16.3. The largest absolute Gasteiger partial charge is 0.481 e. The van der Waals surface area contributed by atoms with E-state index in [1.165, 1.54) is 6.42 Å². The molecule has 1 amide bonds. The third kappa shape index (κ3) is 4.21. The molecule has 6 nitrogen and oxygen atoms in total. The highest BCUT2D eigenvalue weighted by Gasteiger charge is 2.35. The van der Waals surface area contributed by atoms with Gasteiger partial charge in [0.1, 0.15) is 5.82 Å². The van der Waals surface area contributed by atoms with Crippen LogP contribution in [0.4, 0.5) is 0 Å². The number of aromatic amines is 1. The minimum Gasteiger partial charge on any atom is -0.481 e. The number of piperidine rings is 1. The summed E-state index contributed by atoms with van der Waals surface area (Å²) in [5.41, 5.74) is 1.93.